The highest BCUT2D eigenvalue weighted by Crippen LogP contribution is 2.11. The van der Waals surface area contributed by atoms with Gasteiger partial charge in [-0.05, 0) is 19.1 Å². The van der Waals surface area contributed by atoms with Crippen molar-refractivity contribution in [2.75, 3.05) is 6.54 Å². The fraction of sp³-hybridized carbons (Fsp3) is 0.400. The number of hydrogen-bond acceptors (Lipinski definition) is 4. The van der Waals surface area contributed by atoms with Crippen molar-refractivity contribution in [2.24, 2.45) is 0 Å². The Bertz CT molecular complexity index is 368. The molecule has 1 atom stereocenters. The summed E-state index contributed by atoms with van der Waals surface area (Å²) < 4.78 is 7.08. The summed E-state index contributed by atoms with van der Waals surface area (Å²) in [6.07, 6.45) is 4.93. The molecule has 0 spiro atoms. The average Bonchev–Trinajstić information content (AvgIpc) is 2.90. The molecule has 0 aromatic carbocycles. The first-order valence-corrected chi connectivity index (χ1v) is 4.95. The van der Waals surface area contributed by atoms with Gasteiger partial charge in [0.05, 0.1) is 18.8 Å². The molecule has 5 nitrogen and oxygen atoms in total. The van der Waals surface area contributed by atoms with Crippen LogP contribution in [0.1, 0.15) is 18.7 Å². The molecule has 15 heavy (non-hydrogen) atoms. The molecule has 0 aliphatic carbocycles. The van der Waals surface area contributed by atoms with Gasteiger partial charge >= 0.3 is 0 Å². The van der Waals surface area contributed by atoms with E-state index in [0.29, 0.717) is 0 Å². The van der Waals surface area contributed by atoms with Crippen molar-refractivity contribution in [3.8, 4) is 0 Å². The van der Waals surface area contributed by atoms with E-state index in [4.69, 9.17) is 4.42 Å². The van der Waals surface area contributed by atoms with Crippen LogP contribution in [-0.4, -0.2) is 21.3 Å². The van der Waals surface area contributed by atoms with E-state index >= 15 is 0 Å². The SMILES string of the molecule is CC(NCCn1cncn1)c1ccco1. The number of aromatic nitrogens is 3. The van der Waals surface area contributed by atoms with Gasteiger partial charge < -0.3 is 9.73 Å². The summed E-state index contributed by atoms with van der Waals surface area (Å²) in [7, 11) is 0. The minimum Gasteiger partial charge on any atom is -0.468 e. The summed E-state index contributed by atoms with van der Waals surface area (Å²) in [5, 5.41) is 7.36. The van der Waals surface area contributed by atoms with E-state index in [1.54, 1.807) is 17.3 Å². The highest BCUT2D eigenvalue weighted by Gasteiger charge is 2.06. The fourth-order valence-corrected chi connectivity index (χ4v) is 1.38. The Labute approximate surface area is 88.1 Å². The van der Waals surface area contributed by atoms with Crippen LogP contribution in [0.5, 0.6) is 0 Å². The number of rotatable bonds is 5. The molecular formula is C10H14N4O. The first-order chi connectivity index (χ1) is 7.36. The lowest BCUT2D eigenvalue weighted by atomic mass is 10.2. The molecular weight excluding hydrogens is 192 g/mol. The van der Waals surface area contributed by atoms with Gasteiger partial charge in [0.1, 0.15) is 18.4 Å². The van der Waals surface area contributed by atoms with E-state index in [1.807, 2.05) is 12.1 Å². The smallest absolute Gasteiger partial charge is 0.137 e. The first kappa shape index (κ1) is 9.92. The van der Waals surface area contributed by atoms with Gasteiger partial charge in [0.15, 0.2) is 0 Å². The summed E-state index contributed by atoms with van der Waals surface area (Å²) in [6, 6.07) is 4.08. The van der Waals surface area contributed by atoms with Crippen molar-refractivity contribution >= 4 is 0 Å². The van der Waals surface area contributed by atoms with Crippen molar-refractivity contribution in [3.05, 3.63) is 36.8 Å². The van der Waals surface area contributed by atoms with E-state index in [0.717, 1.165) is 18.8 Å². The van der Waals surface area contributed by atoms with Gasteiger partial charge in [-0.1, -0.05) is 0 Å². The summed E-state index contributed by atoms with van der Waals surface area (Å²) in [4.78, 5) is 3.88. The molecule has 80 valence electrons. The van der Waals surface area contributed by atoms with Crippen LogP contribution >= 0.6 is 0 Å². The second kappa shape index (κ2) is 4.75. The van der Waals surface area contributed by atoms with Gasteiger partial charge in [-0.3, -0.25) is 4.68 Å². The van der Waals surface area contributed by atoms with E-state index in [2.05, 4.69) is 22.3 Å². The lowest BCUT2D eigenvalue weighted by Gasteiger charge is -2.10. The van der Waals surface area contributed by atoms with Crippen molar-refractivity contribution in [1.29, 1.82) is 0 Å². The highest BCUT2D eigenvalue weighted by molar-refractivity contribution is 5.02. The molecule has 2 aromatic rings. The van der Waals surface area contributed by atoms with E-state index in [9.17, 15) is 0 Å². The Hall–Kier alpha value is -1.62. The maximum atomic E-state index is 5.29. The van der Waals surface area contributed by atoms with Crippen LogP contribution in [0.15, 0.2) is 35.5 Å². The molecule has 1 N–H and O–H groups in total. The van der Waals surface area contributed by atoms with Crippen molar-refractivity contribution in [1.82, 2.24) is 20.1 Å². The van der Waals surface area contributed by atoms with Crippen LogP contribution in [0.2, 0.25) is 0 Å². The maximum absolute atomic E-state index is 5.29. The second-order valence-electron chi connectivity index (χ2n) is 3.35. The van der Waals surface area contributed by atoms with Crippen LogP contribution in [0.25, 0.3) is 0 Å². The van der Waals surface area contributed by atoms with Crippen LogP contribution in [0, 0.1) is 0 Å². The lowest BCUT2D eigenvalue weighted by molar-refractivity contribution is 0.419. The number of furan rings is 1. The minimum atomic E-state index is 0.225. The molecule has 0 bridgehead atoms. The number of nitrogens with one attached hydrogen (secondary N) is 1. The Morgan fingerprint density at radius 3 is 3.20 bits per heavy atom. The van der Waals surface area contributed by atoms with E-state index < -0.39 is 0 Å². The largest absolute Gasteiger partial charge is 0.468 e. The zero-order valence-electron chi connectivity index (χ0n) is 8.63. The zero-order chi connectivity index (χ0) is 10.5. The third kappa shape index (κ3) is 2.66. The molecule has 0 aliphatic rings. The Kier molecular flexibility index (Phi) is 3.14. The summed E-state index contributed by atoms with van der Waals surface area (Å²) in [6.45, 7) is 3.72. The molecule has 5 heteroatoms. The molecule has 2 heterocycles. The molecule has 2 aromatic heterocycles. The third-order valence-electron chi connectivity index (χ3n) is 2.23. The van der Waals surface area contributed by atoms with Gasteiger partial charge in [0, 0.05) is 6.54 Å². The van der Waals surface area contributed by atoms with Crippen molar-refractivity contribution in [3.63, 3.8) is 0 Å². The highest BCUT2D eigenvalue weighted by atomic mass is 16.3. The summed E-state index contributed by atoms with van der Waals surface area (Å²) in [5.74, 6) is 0.952. The predicted molar refractivity (Wildman–Crippen MR) is 55.1 cm³/mol. The Morgan fingerprint density at radius 1 is 1.60 bits per heavy atom. The molecule has 2 rings (SSSR count). The molecule has 0 fully saturated rings. The van der Waals surface area contributed by atoms with Crippen molar-refractivity contribution in [2.45, 2.75) is 19.5 Å². The molecule has 0 aliphatic heterocycles. The molecule has 0 saturated carbocycles. The average molecular weight is 206 g/mol. The predicted octanol–water partition coefficient (Wildman–Crippen LogP) is 1.22. The van der Waals surface area contributed by atoms with Crippen molar-refractivity contribution < 1.29 is 4.42 Å². The van der Waals surface area contributed by atoms with Gasteiger partial charge in [-0.15, -0.1) is 0 Å². The van der Waals surface area contributed by atoms with E-state index in [-0.39, 0.29) is 6.04 Å². The van der Waals surface area contributed by atoms with Gasteiger partial charge in [-0.25, -0.2) is 4.98 Å². The Balaban J connectivity index is 1.74. The van der Waals surface area contributed by atoms with Crippen LogP contribution in [0.4, 0.5) is 0 Å². The lowest BCUT2D eigenvalue weighted by Crippen LogP contribution is -2.23. The zero-order valence-corrected chi connectivity index (χ0v) is 8.63. The fourth-order valence-electron chi connectivity index (χ4n) is 1.38. The van der Waals surface area contributed by atoms with Gasteiger partial charge in [0.25, 0.3) is 0 Å². The standard InChI is InChI=1S/C10H14N4O/c1-9(10-3-2-6-15-10)12-4-5-14-8-11-7-13-14/h2-3,6-9,12H,4-5H2,1H3. The quantitative estimate of drug-likeness (QED) is 0.799. The van der Waals surface area contributed by atoms with Gasteiger partial charge in [0.2, 0.25) is 0 Å². The second-order valence-corrected chi connectivity index (χ2v) is 3.35. The third-order valence-corrected chi connectivity index (χ3v) is 2.23. The molecule has 0 saturated heterocycles. The number of hydrogen-bond donors (Lipinski definition) is 1. The van der Waals surface area contributed by atoms with Crippen LogP contribution in [-0.2, 0) is 6.54 Å². The van der Waals surface area contributed by atoms with E-state index in [1.165, 1.54) is 6.33 Å². The van der Waals surface area contributed by atoms with Crippen LogP contribution < -0.4 is 5.32 Å². The molecule has 0 amide bonds. The maximum Gasteiger partial charge on any atom is 0.137 e. The Morgan fingerprint density at radius 2 is 2.53 bits per heavy atom. The molecule has 0 radical (unpaired) electrons. The first-order valence-electron chi connectivity index (χ1n) is 4.95. The minimum absolute atomic E-state index is 0.225. The topological polar surface area (TPSA) is 55.9 Å². The summed E-state index contributed by atoms with van der Waals surface area (Å²) in [5.41, 5.74) is 0. The normalized spacial score (nSPS) is 12.9. The van der Waals surface area contributed by atoms with Gasteiger partial charge in [-0.2, -0.15) is 5.10 Å². The monoisotopic (exact) mass is 206 g/mol. The molecule has 1 unspecified atom stereocenters. The summed E-state index contributed by atoms with van der Waals surface area (Å²) >= 11 is 0. The number of nitrogens with zero attached hydrogens (tertiary/aromatic N) is 3. The van der Waals surface area contributed by atoms with Crippen LogP contribution in [0.3, 0.4) is 0 Å².